The summed E-state index contributed by atoms with van der Waals surface area (Å²) in [5.74, 6) is -0.132. The zero-order valence-corrected chi connectivity index (χ0v) is 14.0. The van der Waals surface area contributed by atoms with E-state index in [1.54, 1.807) is 12.3 Å². The number of fused-ring (bicyclic) bond motifs is 3. The van der Waals surface area contributed by atoms with E-state index in [0.717, 1.165) is 27.6 Å². The predicted octanol–water partition coefficient (Wildman–Crippen LogP) is 5.55. The maximum atomic E-state index is 8.36. The minimum Gasteiger partial charge on any atom is -0.437 e. The number of para-hydroxylation sites is 1. The average Bonchev–Trinajstić information content (AvgIpc) is 2.99. The third-order valence-electron chi connectivity index (χ3n) is 3.99. The van der Waals surface area contributed by atoms with E-state index < -0.39 is 6.37 Å². The first-order chi connectivity index (χ1) is 12.4. The Hall–Kier alpha value is -2.68. The van der Waals surface area contributed by atoms with E-state index in [1.165, 1.54) is 0 Å². The highest BCUT2D eigenvalue weighted by Crippen LogP contribution is 2.34. The summed E-state index contributed by atoms with van der Waals surface area (Å²) in [5, 5.41) is 1.96. The van der Waals surface area contributed by atoms with Gasteiger partial charge in [-0.1, -0.05) is 26.0 Å². The molecule has 3 aromatic heterocycles. The molecule has 0 fully saturated rings. The molecule has 0 amide bonds. The molecule has 0 aliphatic rings. The number of furan rings is 1. The Kier molecular flexibility index (Phi) is 3.04. The summed E-state index contributed by atoms with van der Waals surface area (Å²) in [6.07, 6.45) is 0.243. The van der Waals surface area contributed by atoms with Crippen LogP contribution >= 0.6 is 0 Å². The quantitative estimate of drug-likeness (QED) is 0.497. The molecule has 1 aromatic carbocycles. The number of pyridine rings is 2. The fraction of sp³-hybridized carbons (Fsp3) is 0.238. The molecule has 0 radical (unpaired) electrons. The van der Waals surface area contributed by atoms with Gasteiger partial charge in [-0.2, -0.15) is 0 Å². The van der Waals surface area contributed by atoms with Crippen molar-refractivity contribution in [1.29, 1.82) is 0 Å². The minimum absolute atomic E-state index is 0.132. The molecular weight excluding hydrogens is 296 g/mol. The van der Waals surface area contributed by atoms with Crippen molar-refractivity contribution in [3.8, 4) is 11.3 Å². The van der Waals surface area contributed by atoms with Crippen LogP contribution in [0, 0.1) is 12.8 Å². The number of nitrogens with zero attached hydrogens (tertiary/aromatic N) is 2. The van der Waals surface area contributed by atoms with E-state index in [4.69, 9.17) is 7.16 Å². The van der Waals surface area contributed by atoms with E-state index >= 15 is 0 Å². The Morgan fingerprint density at radius 2 is 2.00 bits per heavy atom. The van der Waals surface area contributed by atoms with Crippen molar-refractivity contribution in [3.05, 3.63) is 59.9 Å². The second-order valence-electron chi connectivity index (χ2n) is 6.32. The van der Waals surface area contributed by atoms with Crippen molar-refractivity contribution in [2.45, 2.75) is 27.1 Å². The van der Waals surface area contributed by atoms with Gasteiger partial charge in [-0.15, -0.1) is 0 Å². The van der Waals surface area contributed by atoms with Crippen LogP contribution in [0.1, 0.15) is 27.8 Å². The summed E-state index contributed by atoms with van der Waals surface area (Å²) in [6.45, 7) is 5.70. The molecule has 0 spiro atoms. The molecule has 0 bridgehead atoms. The van der Waals surface area contributed by atoms with E-state index in [2.05, 4.69) is 9.97 Å². The normalized spacial score (nSPS) is 13.5. The van der Waals surface area contributed by atoms with Gasteiger partial charge < -0.3 is 4.42 Å². The van der Waals surface area contributed by atoms with Crippen LogP contribution < -0.4 is 0 Å². The van der Waals surface area contributed by atoms with Crippen LogP contribution in [0.5, 0.6) is 0 Å². The highest BCUT2D eigenvalue weighted by molar-refractivity contribution is 6.08. The first kappa shape index (κ1) is 12.7. The first-order valence-corrected chi connectivity index (χ1v) is 8.13. The molecule has 4 aromatic rings. The summed E-state index contributed by atoms with van der Waals surface area (Å²) in [4.78, 5) is 8.95. The molecule has 3 heterocycles. The Labute approximate surface area is 144 Å². The summed E-state index contributed by atoms with van der Waals surface area (Å²) >= 11 is 0. The topological polar surface area (TPSA) is 38.9 Å². The molecule has 0 aliphatic heterocycles. The molecule has 0 N–H and O–H groups in total. The SMILES string of the molecule is [2H]C([2H])(c1ccnc(-c2cccc3c2oc2nc(C)ccc23)c1)C(C)C. The minimum atomic E-state index is -1.42. The van der Waals surface area contributed by atoms with E-state index in [-0.39, 0.29) is 5.92 Å². The van der Waals surface area contributed by atoms with Gasteiger partial charge in [0.25, 0.3) is 0 Å². The van der Waals surface area contributed by atoms with Gasteiger partial charge in [0.15, 0.2) is 0 Å². The number of hydrogen-bond donors (Lipinski definition) is 0. The molecule has 0 unspecified atom stereocenters. The summed E-state index contributed by atoms with van der Waals surface area (Å²) in [6, 6.07) is 13.5. The Morgan fingerprint density at radius 3 is 2.83 bits per heavy atom. The first-order valence-electron chi connectivity index (χ1n) is 9.13. The summed E-state index contributed by atoms with van der Waals surface area (Å²) in [7, 11) is 0. The number of aromatic nitrogens is 2. The molecule has 0 atom stereocenters. The Bertz CT molecular complexity index is 1120. The smallest absolute Gasteiger partial charge is 0.227 e. The Balaban J connectivity index is 1.94. The fourth-order valence-electron chi connectivity index (χ4n) is 2.97. The summed E-state index contributed by atoms with van der Waals surface area (Å²) < 4.78 is 22.8. The molecule has 120 valence electrons. The number of aryl methyl sites for hydroxylation is 1. The average molecular weight is 318 g/mol. The zero-order valence-electron chi connectivity index (χ0n) is 16.0. The predicted molar refractivity (Wildman–Crippen MR) is 98.0 cm³/mol. The van der Waals surface area contributed by atoms with Crippen molar-refractivity contribution in [3.63, 3.8) is 0 Å². The van der Waals surface area contributed by atoms with Gasteiger partial charge in [-0.25, -0.2) is 4.98 Å². The van der Waals surface area contributed by atoms with Crippen LogP contribution in [-0.2, 0) is 6.37 Å². The van der Waals surface area contributed by atoms with Crippen LogP contribution in [0.4, 0.5) is 0 Å². The lowest BCUT2D eigenvalue weighted by molar-refractivity contribution is 0.646. The van der Waals surface area contributed by atoms with Crippen LogP contribution in [0.15, 0.2) is 53.1 Å². The van der Waals surface area contributed by atoms with Crippen molar-refractivity contribution in [1.82, 2.24) is 9.97 Å². The van der Waals surface area contributed by atoms with Gasteiger partial charge in [-0.05, 0) is 55.1 Å². The zero-order chi connectivity index (χ0) is 18.5. The Morgan fingerprint density at radius 1 is 1.12 bits per heavy atom. The largest absolute Gasteiger partial charge is 0.437 e. The second kappa shape index (κ2) is 5.75. The second-order valence-corrected chi connectivity index (χ2v) is 6.32. The van der Waals surface area contributed by atoms with Gasteiger partial charge in [0, 0.05) is 31.0 Å². The van der Waals surface area contributed by atoms with E-state index in [1.807, 2.05) is 57.2 Å². The molecule has 0 saturated heterocycles. The number of benzene rings is 1. The molecule has 3 heteroatoms. The maximum absolute atomic E-state index is 8.36. The monoisotopic (exact) mass is 318 g/mol. The molecule has 4 rings (SSSR count). The standard InChI is InChI=1S/C21H20N2O/c1-13(2)11-15-9-10-22-19(12-15)18-6-4-5-16-17-8-7-14(3)23-21(17)24-20(16)18/h4-10,12-13H,11H2,1-3H3/i11D2. The van der Waals surface area contributed by atoms with Crippen molar-refractivity contribution >= 4 is 22.1 Å². The van der Waals surface area contributed by atoms with Crippen LogP contribution in [-0.4, -0.2) is 9.97 Å². The maximum Gasteiger partial charge on any atom is 0.227 e. The van der Waals surface area contributed by atoms with Gasteiger partial charge in [0.2, 0.25) is 5.71 Å². The van der Waals surface area contributed by atoms with Crippen molar-refractivity contribution in [2.24, 2.45) is 5.92 Å². The summed E-state index contributed by atoms with van der Waals surface area (Å²) in [5.41, 5.74) is 4.42. The van der Waals surface area contributed by atoms with Crippen molar-refractivity contribution in [2.75, 3.05) is 0 Å². The molecule has 24 heavy (non-hydrogen) atoms. The van der Waals surface area contributed by atoms with E-state index in [9.17, 15) is 0 Å². The lowest BCUT2D eigenvalue weighted by Crippen LogP contribution is -1.95. The molecule has 0 aliphatic carbocycles. The molecular formula is C21H20N2O. The van der Waals surface area contributed by atoms with Gasteiger partial charge in [0.1, 0.15) is 5.58 Å². The highest BCUT2D eigenvalue weighted by atomic mass is 16.3. The third kappa shape index (κ3) is 2.56. The van der Waals surface area contributed by atoms with E-state index in [0.29, 0.717) is 17.0 Å². The van der Waals surface area contributed by atoms with Crippen molar-refractivity contribution < 1.29 is 7.16 Å². The molecule has 3 nitrogen and oxygen atoms in total. The molecule has 0 saturated carbocycles. The van der Waals surface area contributed by atoms with Crippen LogP contribution in [0.3, 0.4) is 0 Å². The number of hydrogen-bond acceptors (Lipinski definition) is 3. The fourth-order valence-corrected chi connectivity index (χ4v) is 2.97. The highest BCUT2D eigenvalue weighted by Gasteiger charge is 2.14. The number of rotatable bonds is 3. The van der Waals surface area contributed by atoms with Gasteiger partial charge in [0.05, 0.1) is 5.69 Å². The lowest BCUT2D eigenvalue weighted by Gasteiger charge is -2.07. The van der Waals surface area contributed by atoms with Gasteiger partial charge >= 0.3 is 0 Å². The van der Waals surface area contributed by atoms with Gasteiger partial charge in [-0.3, -0.25) is 4.98 Å². The van der Waals surface area contributed by atoms with Crippen LogP contribution in [0.2, 0.25) is 0 Å². The third-order valence-corrected chi connectivity index (χ3v) is 3.99. The van der Waals surface area contributed by atoms with Crippen LogP contribution in [0.25, 0.3) is 33.3 Å². The lowest BCUT2D eigenvalue weighted by atomic mass is 10.0.